The second-order valence-corrected chi connectivity index (χ2v) is 2.72. The summed E-state index contributed by atoms with van der Waals surface area (Å²) in [4.78, 5) is 10.9. The van der Waals surface area contributed by atoms with Crippen molar-refractivity contribution in [2.24, 2.45) is 0 Å². The molecule has 4 heteroatoms. The van der Waals surface area contributed by atoms with Crippen molar-refractivity contribution in [1.82, 2.24) is 0 Å². The van der Waals surface area contributed by atoms with Crippen LogP contribution in [0.15, 0.2) is 12.2 Å². The molecule has 2 atom stereocenters. The Bertz CT molecular complexity index is 211. The first-order valence-corrected chi connectivity index (χ1v) is 3.85. The molecule has 4 nitrogen and oxygen atoms in total. The minimum Gasteiger partial charge on any atom is -0.393 e. The van der Waals surface area contributed by atoms with E-state index in [0.717, 1.165) is 0 Å². The molecule has 0 saturated heterocycles. The molecule has 0 amide bonds. The van der Waals surface area contributed by atoms with Crippen LogP contribution >= 0.6 is 0 Å². The maximum Gasteiger partial charge on any atom is 0.186 e. The van der Waals surface area contributed by atoms with Crippen molar-refractivity contribution in [1.29, 1.82) is 0 Å². The van der Waals surface area contributed by atoms with Crippen LogP contribution in [-0.4, -0.2) is 34.5 Å². The lowest BCUT2D eigenvalue weighted by Crippen LogP contribution is -2.42. The number of hydrogen-bond donors (Lipinski definition) is 2. The van der Waals surface area contributed by atoms with Gasteiger partial charge in [0.2, 0.25) is 0 Å². The van der Waals surface area contributed by atoms with Gasteiger partial charge in [-0.15, -0.1) is 0 Å². The average Bonchev–Trinajstić information content (AvgIpc) is 2.10. The minimum absolute atomic E-state index is 0.310. The summed E-state index contributed by atoms with van der Waals surface area (Å²) in [7, 11) is 0. The van der Waals surface area contributed by atoms with Crippen LogP contribution in [0.4, 0.5) is 0 Å². The Kier molecular flexibility index (Phi) is 2.62. The predicted octanol–water partition coefficient (Wildman–Crippen LogP) is -0.399. The van der Waals surface area contributed by atoms with Gasteiger partial charge >= 0.3 is 0 Å². The van der Waals surface area contributed by atoms with Crippen molar-refractivity contribution in [3.63, 3.8) is 0 Å². The number of aliphatic hydroxyl groups is 2. The van der Waals surface area contributed by atoms with E-state index in [4.69, 9.17) is 9.84 Å². The van der Waals surface area contributed by atoms with E-state index in [1.165, 1.54) is 12.2 Å². The van der Waals surface area contributed by atoms with Crippen LogP contribution in [0, 0.1) is 0 Å². The van der Waals surface area contributed by atoms with Crippen LogP contribution < -0.4 is 0 Å². The second-order valence-electron chi connectivity index (χ2n) is 2.72. The Balaban J connectivity index is 2.77. The van der Waals surface area contributed by atoms with Gasteiger partial charge < -0.3 is 14.9 Å². The molecule has 0 aromatic carbocycles. The third-order valence-electron chi connectivity index (χ3n) is 1.84. The van der Waals surface area contributed by atoms with Gasteiger partial charge in [-0.25, -0.2) is 0 Å². The maximum absolute atomic E-state index is 10.9. The highest BCUT2D eigenvalue weighted by atomic mass is 16.6. The lowest BCUT2D eigenvalue weighted by molar-refractivity contribution is -0.209. The molecule has 2 unspecified atom stereocenters. The second kappa shape index (κ2) is 3.35. The molecule has 0 aromatic heterocycles. The molecule has 1 aliphatic heterocycles. The summed E-state index contributed by atoms with van der Waals surface area (Å²) in [5.74, 6) is -1.70. The number of aliphatic hydroxyl groups excluding tert-OH is 1. The van der Waals surface area contributed by atoms with Crippen molar-refractivity contribution >= 4 is 5.78 Å². The molecule has 1 aliphatic rings. The lowest BCUT2D eigenvalue weighted by Gasteiger charge is -2.30. The van der Waals surface area contributed by atoms with E-state index < -0.39 is 18.5 Å². The van der Waals surface area contributed by atoms with E-state index in [2.05, 4.69) is 0 Å². The fraction of sp³-hybridized carbons (Fsp3) is 0.625. The zero-order valence-corrected chi connectivity index (χ0v) is 6.86. The number of ether oxygens (including phenoxy) is 1. The Morgan fingerprint density at radius 2 is 2.42 bits per heavy atom. The number of carbonyl (C=O) groups excluding carboxylic acids is 1. The number of rotatable bonds is 2. The highest BCUT2D eigenvalue weighted by Crippen LogP contribution is 2.21. The predicted molar refractivity (Wildman–Crippen MR) is 41.3 cm³/mol. The normalized spacial score (nSPS) is 35.6. The van der Waals surface area contributed by atoms with Gasteiger partial charge in [0.05, 0.1) is 6.61 Å². The molecule has 1 rings (SSSR count). The van der Waals surface area contributed by atoms with Gasteiger partial charge in [0, 0.05) is 6.42 Å². The SMILES string of the molecule is CCC1(O)C=CC(=O)C(CO)O1. The van der Waals surface area contributed by atoms with Crippen molar-refractivity contribution in [3.05, 3.63) is 12.2 Å². The molecule has 0 radical (unpaired) electrons. The number of carbonyl (C=O) groups is 1. The van der Waals surface area contributed by atoms with E-state index in [0.29, 0.717) is 6.42 Å². The Hall–Kier alpha value is -0.710. The fourth-order valence-electron chi connectivity index (χ4n) is 0.992. The van der Waals surface area contributed by atoms with Gasteiger partial charge in [-0.3, -0.25) is 4.79 Å². The Morgan fingerprint density at radius 1 is 1.75 bits per heavy atom. The summed E-state index contributed by atoms with van der Waals surface area (Å²) < 4.78 is 4.95. The molecule has 2 N–H and O–H groups in total. The van der Waals surface area contributed by atoms with Crippen LogP contribution in [0.5, 0.6) is 0 Å². The van der Waals surface area contributed by atoms with Crippen molar-refractivity contribution in [2.45, 2.75) is 25.2 Å². The van der Waals surface area contributed by atoms with E-state index in [9.17, 15) is 9.90 Å². The summed E-state index contributed by atoms with van der Waals surface area (Å²) in [5.41, 5.74) is 0. The third kappa shape index (κ3) is 1.72. The average molecular weight is 172 g/mol. The van der Waals surface area contributed by atoms with Crippen LogP contribution in [0.25, 0.3) is 0 Å². The molecule has 0 fully saturated rings. The van der Waals surface area contributed by atoms with Gasteiger partial charge in [-0.05, 0) is 12.2 Å². The molecular formula is C8H12O4. The van der Waals surface area contributed by atoms with Crippen LogP contribution in [0.1, 0.15) is 13.3 Å². The third-order valence-corrected chi connectivity index (χ3v) is 1.84. The summed E-state index contributed by atoms with van der Waals surface area (Å²) in [6.07, 6.45) is 1.99. The van der Waals surface area contributed by atoms with E-state index in [1.807, 2.05) is 0 Å². The Labute approximate surface area is 70.5 Å². The topological polar surface area (TPSA) is 66.8 Å². The van der Waals surface area contributed by atoms with Gasteiger partial charge in [0.25, 0.3) is 0 Å². The highest BCUT2D eigenvalue weighted by molar-refractivity contribution is 5.94. The molecule has 0 aliphatic carbocycles. The number of hydrogen-bond acceptors (Lipinski definition) is 4. The van der Waals surface area contributed by atoms with Gasteiger partial charge in [-0.2, -0.15) is 0 Å². The van der Waals surface area contributed by atoms with E-state index in [-0.39, 0.29) is 5.78 Å². The van der Waals surface area contributed by atoms with Crippen molar-refractivity contribution in [2.75, 3.05) is 6.61 Å². The highest BCUT2D eigenvalue weighted by Gasteiger charge is 2.33. The zero-order chi connectivity index (χ0) is 9.19. The monoisotopic (exact) mass is 172 g/mol. The van der Waals surface area contributed by atoms with E-state index >= 15 is 0 Å². The zero-order valence-electron chi connectivity index (χ0n) is 6.86. The fourth-order valence-corrected chi connectivity index (χ4v) is 0.992. The first kappa shape index (κ1) is 9.38. The molecule has 0 saturated carbocycles. The molecular weight excluding hydrogens is 160 g/mol. The van der Waals surface area contributed by atoms with Crippen LogP contribution in [0.2, 0.25) is 0 Å². The van der Waals surface area contributed by atoms with E-state index in [1.54, 1.807) is 6.92 Å². The van der Waals surface area contributed by atoms with Crippen molar-refractivity contribution in [3.8, 4) is 0 Å². The Morgan fingerprint density at radius 3 is 2.92 bits per heavy atom. The summed E-state index contributed by atoms with van der Waals surface area (Å²) in [6.45, 7) is 1.33. The van der Waals surface area contributed by atoms with Crippen LogP contribution in [0.3, 0.4) is 0 Å². The van der Waals surface area contributed by atoms with Gasteiger partial charge in [-0.1, -0.05) is 6.92 Å². The first-order valence-electron chi connectivity index (χ1n) is 3.85. The molecule has 0 bridgehead atoms. The molecule has 0 spiro atoms. The standard InChI is InChI=1S/C8H12O4/c1-2-8(11)4-3-6(10)7(5-9)12-8/h3-4,7,9,11H,2,5H2,1H3. The largest absolute Gasteiger partial charge is 0.393 e. The summed E-state index contributed by atoms with van der Waals surface area (Å²) in [5, 5.41) is 18.2. The minimum atomic E-state index is -1.39. The van der Waals surface area contributed by atoms with Gasteiger partial charge in [0.1, 0.15) is 6.10 Å². The van der Waals surface area contributed by atoms with Crippen molar-refractivity contribution < 1.29 is 19.7 Å². The van der Waals surface area contributed by atoms with Gasteiger partial charge in [0.15, 0.2) is 11.6 Å². The molecule has 0 aromatic rings. The molecule has 12 heavy (non-hydrogen) atoms. The smallest absolute Gasteiger partial charge is 0.186 e. The molecule has 1 heterocycles. The quantitative estimate of drug-likeness (QED) is 0.595. The first-order chi connectivity index (χ1) is 5.61. The lowest BCUT2D eigenvalue weighted by atomic mass is 10.1. The number of ketones is 1. The maximum atomic E-state index is 10.9. The van der Waals surface area contributed by atoms with Crippen LogP contribution in [-0.2, 0) is 9.53 Å². The molecule has 68 valence electrons. The summed E-state index contributed by atoms with van der Waals surface area (Å²) in [6, 6.07) is 0. The summed E-state index contributed by atoms with van der Waals surface area (Å²) >= 11 is 0.